The van der Waals surface area contributed by atoms with Crippen LogP contribution in [0.4, 0.5) is 0 Å². The van der Waals surface area contributed by atoms with E-state index < -0.39 is 5.97 Å². The first-order chi connectivity index (χ1) is 8.60. The number of benzene rings is 1. The summed E-state index contributed by atoms with van der Waals surface area (Å²) in [5.41, 5.74) is 1.03. The highest BCUT2D eigenvalue weighted by molar-refractivity contribution is 5.80. The van der Waals surface area contributed by atoms with E-state index in [1.165, 1.54) is 14.0 Å². The maximum Gasteiger partial charge on any atom is 0.325 e. The van der Waals surface area contributed by atoms with Gasteiger partial charge in [-0.25, -0.2) is 0 Å². The quantitative estimate of drug-likeness (QED) is 0.751. The van der Waals surface area contributed by atoms with Gasteiger partial charge >= 0.3 is 5.97 Å². The van der Waals surface area contributed by atoms with Gasteiger partial charge in [-0.1, -0.05) is 37.3 Å². The van der Waals surface area contributed by atoms with Crippen molar-refractivity contribution in [2.75, 3.05) is 13.7 Å². The Kier molecular flexibility index (Phi) is 5.36. The fraction of sp³-hybridized carbons (Fsp3) is 0.429. The highest BCUT2D eigenvalue weighted by Gasteiger charge is 2.23. The van der Waals surface area contributed by atoms with E-state index >= 15 is 0 Å². The first-order valence-electron chi connectivity index (χ1n) is 5.99. The molecule has 1 amide bonds. The van der Waals surface area contributed by atoms with Crippen molar-refractivity contribution in [3.63, 3.8) is 0 Å². The van der Waals surface area contributed by atoms with Crippen LogP contribution in [0.15, 0.2) is 30.3 Å². The maximum absolute atomic E-state index is 11.7. The van der Waals surface area contributed by atoms with Crippen LogP contribution in [0.5, 0.6) is 0 Å². The summed E-state index contributed by atoms with van der Waals surface area (Å²) in [6.45, 7) is 3.44. The Bertz CT molecular complexity index is 403. The zero-order valence-electron chi connectivity index (χ0n) is 11.1. The maximum atomic E-state index is 11.7. The summed E-state index contributed by atoms with van der Waals surface area (Å²) in [4.78, 5) is 24.6. The van der Waals surface area contributed by atoms with E-state index in [0.29, 0.717) is 0 Å². The van der Waals surface area contributed by atoms with Crippen LogP contribution in [0, 0.1) is 0 Å². The number of methoxy groups -OCH3 is 1. The van der Waals surface area contributed by atoms with Gasteiger partial charge in [0.15, 0.2) is 0 Å². The Morgan fingerprint density at radius 2 is 1.89 bits per heavy atom. The van der Waals surface area contributed by atoms with Gasteiger partial charge in [-0.05, 0) is 12.0 Å². The summed E-state index contributed by atoms with van der Waals surface area (Å²) in [7, 11) is 1.32. The zero-order valence-corrected chi connectivity index (χ0v) is 11.1. The third-order valence-corrected chi connectivity index (χ3v) is 2.88. The molecule has 0 saturated carbocycles. The van der Waals surface area contributed by atoms with Crippen molar-refractivity contribution in [2.45, 2.75) is 26.3 Å². The van der Waals surface area contributed by atoms with Gasteiger partial charge in [0, 0.05) is 6.92 Å². The highest BCUT2D eigenvalue weighted by atomic mass is 16.5. The van der Waals surface area contributed by atoms with E-state index in [-0.39, 0.29) is 18.5 Å². The molecule has 0 aliphatic rings. The smallest absolute Gasteiger partial charge is 0.325 e. The molecule has 18 heavy (non-hydrogen) atoms. The van der Waals surface area contributed by atoms with Gasteiger partial charge < -0.3 is 9.64 Å². The lowest BCUT2D eigenvalue weighted by atomic mass is 10.0. The van der Waals surface area contributed by atoms with E-state index in [1.807, 2.05) is 37.3 Å². The molecule has 1 atom stereocenters. The van der Waals surface area contributed by atoms with Crippen LogP contribution in [-0.2, 0) is 14.3 Å². The van der Waals surface area contributed by atoms with Crippen molar-refractivity contribution in [1.29, 1.82) is 0 Å². The fourth-order valence-electron chi connectivity index (χ4n) is 1.96. The van der Waals surface area contributed by atoms with Gasteiger partial charge in [-0.3, -0.25) is 9.59 Å². The highest BCUT2D eigenvalue weighted by Crippen LogP contribution is 2.23. The Morgan fingerprint density at radius 1 is 1.28 bits per heavy atom. The lowest BCUT2D eigenvalue weighted by molar-refractivity contribution is -0.148. The SMILES string of the molecule is CC[C@H](c1ccccc1)N(CC(=O)OC)C(C)=O. The number of hydrogen-bond acceptors (Lipinski definition) is 3. The third-order valence-electron chi connectivity index (χ3n) is 2.88. The molecule has 0 fully saturated rings. The average molecular weight is 249 g/mol. The monoisotopic (exact) mass is 249 g/mol. The van der Waals surface area contributed by atoms with Crippen LogP contribution in [-0.4, -0.2) is 30.4 Å². The van der Waals surface area contributed by atoms with Crippen molar-refractivity contribution in [2.24, 2.45) is 0 Å². The van der Waals surface area contributed by atoms with E-state index in [4.69, 9.17) is 0 Å². The minimum atomic E-state index is -0.403. The van der Waals surface area contributed by atoms with Crippen LogP contribution >= 0.6 is 0 Å². The second-order valence-corrected chi connectivity index (χ2v) is 4.06. The van der Waals surface area contributed by atoms with Crippen LogP contribution < -0.4 is 0 Å². The molecule has 1 aromatic carbocycles. The van der Waals surface area contributed by atoms with Crippen LogP contribution in [0.1, 0.15) is 31.9 Å². The van der Waals surface area contributed by atoms with Crippen molar-refractivity contribution in [1.82, 2.24) is 4.90 Å². The molecule has 0 aliphatic carbocycles. The first-order valence-corrected chi connectivity index (χ1v) is 5.99. The minimum Gasteiger partial charge on any atom is -0.468 e. The van der Waals surface area contributed by atoms with Crippen LogP contribution in [0.2, 0.25) is 0 Å². The van der Waals surface area contributed by atoms with Crippen molar-refractivity contribution >= 4 is 11.9 Å². The third kappa shape index (κ3) is 3.58. The van der Waals surface area contributed by atoms with E-state index in [2.05, 4.69) is 4.74 Å². The molecule has 4 heteroatoms. The molecule has 1 aromatic rings. The summed E-state index contributed by atoms with van der Waals surface area (Å²) in [5.74, 6) is -0.532. The van der Waals surface area contributed by atoms with Gasteiger partial charge in [0.05, 0.1) is 13.2 Å². The normalized spacial score (nSPS) is 11.7. The van der Waals surface area contributed by atoms with E-state index in [9.17, 15) is 9.59 Å². The predicted molar refractivity (Wildman–Crippen MR) is 68.9 cm³/mol. The number of rotatable bonds is 5. The zero-order chi connectivity index (χ0) is 13.5. The summed E-state index contributed by atoms with van der Waals surface area (Å²) in [6, 6.07) is 9.60. The lowest BCUT2D eigenvalue weighted by Crippen LogP contribution is -2.37. The molecular formula is C14H19NO3. The summed E-state index contributed by atoms with van der Waals surface area (Å²) in [6.07, 6.45) is 0.751. The fourth-order valence-corrected chi connectivity index (χ4v) is 1.96. The molecule has 0 heterocycles. The van der Waals surface area contributed by atoms with E-state index in [0.717, 1.165) is 12.0 Å². The molecular weight excluding hydrogens is 230 g/mol. The molecule has 1 rings (SSSR count). The summed E-state index contributed by atoms with van der Waals surface area (Å²) in [5, 5.41) is 0. The van der Waals surface area contributed by atoms with Gasteiger partial charge in [0.2, 0.25) is 5.91 Å². The van der Waals surface area contributed by atoms with Crippen LogP contribution in [0.25, 0.3) is 0 Å². The minimum absolute atomic E-state index is 0.0146. The molecule has 0 aromatic heterocycles. The Hall–Kier alpha value is -1.84. The molecule has 0 spiro atoms. The molecule has 0 bridgehead atoms. The summed E-state index contributed by atoms with van der Waals surface area (Å²) < 4.78 is 4.63. The average Bonchev–Trinajstić information content (AvgIpc) is 2.39. The first kappa shape index (κ1) is 14.2. The lowest BCUT2D eigenvalue weighted by Gasteiger charge is -2.29. The number of carbonyl (C=O) groups excluding carboxylic acids is 2. The number of ether oxygens (including phenoxy) is 1. The predicted octanol–water partition coefficient (Wildman–Crippen LogP) is 2.16. The van der Waals surface area contributed by atoms with Crippen molar-refractivity contribution in [3.8, 4) is 0 Å². The number of carbonyl (C=O) groups is 2. The molecule has 0 radical (unpaired) electrons. The molecule has 4 nitrogen and oxygen atoms in total. The van der Waals surface area contributed by atoms with Gasteiger partial charge in [-0.2, -0.15) is 0 Å². The standard InChI is InChI=1S/C14H19NO3/c1-4-13(12-8-6-5-7-9-12)15(11(2)16)10-14(17)18-3/h5-9,13H,4,10H2,1-3H3/t13-/m1/s1. The number of amides is 1. The van der Waals surface area contributed by atoms with Gasteiger partial charge in [0.1, 0.15) is 6.54 Å². The van der Waals surface area contributed by atoms with Gasteiger partial charge in [0.25, 0.3) is 0 Å². The van der Waals surface area contributed by atoms with E-state index in [1.54, 1.807) is 4.90 Å². The molecule has 0 N–H and O–H groups in total. The Morgan fingerprint density at radius 3 is 2.33 bits per heavy atom. The van der Waals surface area contributed by atoms with Crippen molar-refractivity contribution in [3.05, 3.63) is 35.9 Å². The number of nitrogens with zero attached hydrogens (tertiary/aromatic N) is 1. The molecule has 98 valence electrons. The second-order valence-electron chi connectivity index (χ2n) is 4.06. The van der Waals surface area contributed by atoms with Crippen molar-refractivity contribution < 1.29 is 14.3 Å². The van der Waals surface area contributed by atoms with Crippen LogP contribution in [0.3, 0.4) is 0 Å². The number of esters is 1. The Balaban J connectivity index is 2.95. The summed E-state index contributed by atoms with van der Waals surface area (Å²) >= 11 is 0. The molecule has 0 saturated heterocycles. The Labute approximate surface area is 108 Å². The largest absolute Gasteiger partial charge is 0.468 e. The second kappa shape index (κ2) is 6.79. The topological polar surface area (TPSA) is 46.6 Å². The molecule has 0 unspecified atom stereocenters. The number of hydrogen-bond donors (Lipinski definition) is 0. The van der Waals surface area contributed by atoms with Gasteiger partial charge in [-0.15, -0.1) is 0 Å². The molecule has 0 aliphatic heterocycles.